The summed E-state index contributed by atoms with van der Waals surface area (Å²) in [6.45, 7) is 1.50. The fraction of sp³-hybridized carbons (Fsp3) is 0.318. The number of hydrogen-bond acceptors (Lipinski definition) is 4. The normalized spacial score (nSPS) is 11.1. The van der Waals surface area contributed by atoms with Crippen molar-refractivity contribution < 1.29 is 4.79 Å². The van der Waals surface area contributed by atoms with E-state index < -0.39 is 0 Å². The average Bonchev–Trinajstić information content (AvgIpc) is 2.68. The summed E-state index contributed by atoms with van der Waals surface area (Å²) in [4.78, 5) is 29.8. The Morgan fingerprint density at radius 1 is 1.21 bits per heavy atom. The number of aromatic nitrogens is 1. The van der Waals surface area contributed by atoms with E-state index in [1.54, 1.807) is 18.3 Å². The van der Waals surface area contributed by atoms with Crippen molar-refractivity contribution in [3.63, 3.8) is 0 Å². The van der Waals surface area contributed by atoms with Crippen molar-refractivity contribution in [1.82, 2.24) is 15.2 Å². The predicted octanol–water partition coefficient (Wildman–Crippen LogP) is 2.82. The van der Waals surface area contributed by atoms with Gasteiger partial charge in [-0.15, -0.1) is 0 Å². The van der Waals surface area contributed by atoms with Gasteiger partial charge in [-0.05, 0) is 73.4 Å². The van der Waals surface area contributed by atoms with E-state index in [9.17, 15) is 9.59 Å². The Bertz CT molecular complexity index is 1110. The molecule has 0 saturated heterocycles. The fourth-order valence-corrected chi connectivity index (χ4v) is 3.43. The predicted molar refractivity (Wildman–Crippen MR) is 112 cm³/mol. The third-order valence-corrected chi connectivity index (χ3v) is 4.79. The number of carbonyl (C=O) groups is 1. The van der Waals surface area contributed by atoms with E-state index in [-0.39, 0.29) is 11.5 Å². The second kappa shape index (κ2) is 8.68. The standard InChI is InChI=1S/C22H24N4O2/c1-26(2)12-4-10-24-21(27)17-6-7-18-15(5-3-9-23)13-16-8-11-25-22(28)20(16)19(18)14-17/h6-8,11,13-14H,3-5,10,12H2,1-2H3,(H,24,27)(H,25,28). The number of hydrogen-bond donors (Lipinski definition) is 2. The molecule has 6 heteroatoms. The quantitative estimate of drug-likeness (QED) is 0.490. The van der Waals surface area contributed by atoms with E-state index in [1.807, 2.05) is 32.3 Å². The van der Waals surface area contributed by atoms with Crippen molar-refractivity contribution >= 4 is 27.5 Å². The highest BCUT2D eigenvalue weighted by atomic mass is 16.1. The molecule has 3 aromatic rings. The summed E-state index contributed by atoms with van der Waals surface area (Å²) in [5.41, 5.74) is 1.35. The smallest absolute Gasteiger partial charge is 0.256 e. The molecule has 2 N–H and O–H groups in total. The van der Waals surface area contributed by atoms with Crippen molar-refractivity contribution in [3.8, 4) is 6.07 Å². The van der Waals surface area contributed by atoms with Crippen LogP contribution in [0.4, 0.5) is 0 Å². The van der Waals surface area contributed by atoms with Gasteiger partial charge in [-0.3, -0.25) is 9.59 Å². The van der Waals surface area contributed by atoms with Gasteiger partial charge in [0.15, 0.2) is 0 Å². The molecule has 1 aromatic heterocycles. The summed E-state index contributed by atoms with van der Waals surface area (Å²) in [7, 11) is 4.00. The molecular formula is C22H24N4O2. The van der Waals surface area contributed by atoms with Crippen LogP contribution in [-0.2, 0) is 6.42 Å². The zero-order chi connectivity index (χ0) is 20.1. The molecule has 0 aliphatic rings. The zero-order valence-electron chi connectivity index (χ0n) is 16.2. The highest BCUT2D eigenvalue weighted by Crippen LogP contribution is 2.28. The number of aryl methyl sites for hydroxylation is 1. The molecule has 6 nitrogen and oxygen atoms in total. The minimum Gasteiger partial charge on any atom is -0.352 e. The summed E-state index contributed by atoms with van der Waals surface area (Å²) in [5.74, 6) is -0.149. The molecule has 3 rings (SSSR count). The first kappa shape index (κ1) is 19.6. The SMILES string of the molecule is CN(C)CCCNC(=O)c1ccc2c(CCC#N)cc3cc[nH]c(=O)c3c2c1. The monoisotopic (exact) mass is 376 g/mol. The Balaban J connectivity index is 2.02. The fourth-order valence-electron chi connectivity index (χ4n) is 3.43. The van der Waals surface area contributed by atoms with Gasteiger partial charge in [-0.1, -0.05) is 12.1 Å². The van der Waals surface area contributed by atoms with Gasteiger partial charge in [0, 0.05) is 24.7 Å². The van der Waals surface area contributed by atoms with Crippen LogP contribution in [0.25, 0.3) is 21.5 Å². The van der Waals surface area contributed by atoms with Crippen LogP contribution in [0.5, 0.6) is 0 Å². The van der Waals surface area contributed by atoms with Crippen molar-refractivity contribution in [1.29, 1.82) is 5.26 Å². The lowest BCUT2D eigenvalue weighted by atomic mass is 9.94. The summed E-state index contributed by atoms with van der Waals surface area (Å²) >= 11 is 0. The molecule has 0 saturated carbocycles. The van der Waals surface area contributed by atoms with Crippen LogP contribution in [0.15, 0.2) is 41.3 Å². The minimum absolute atomic E-state index is 0.149. The van der Waals surface area contributed by atoms with Crippen molar-refractivity contribution in [2.75, 3.05) is 27.2 Å². The number of fused-ring (bicyclic) bond motifs is 3. The largest absolute Gasteiger partial charge is 0.352 e. The van der Waals surface area contributed by atoms with Gasteiger partial charge in [-0.2, -0.15) is 5.26 Å². The van der Waals surface area contributed by atoms with E-state index in [1.165, 1.54) is 0 Å². The molecule has 0 atom stereocenters. The van der Waals surface area contributed by atoms with Crippen LogP contribution in [-0.4, -0.2) is 43.0 Å². The Morgan fingerprint density at radius 2 is 2.04 bits per heavy atom. The van der Waals surface area contributed by atoms with Crippen LogP contribution in [0.1, 0.15) is 28.8 Å². The first-order chi connectivity index (χ1) is 13.5. The molecule has 28 heavy (non-hydrogen) atoms. The van der Waals surface area contributed by atoms with Crippen molar-refractivity contribution in [2.24, 2.45) is 0 Å². The lowest BCUT2D eigenvalue weighted by molar-refractivity contribution is 0.0952. The highest BCUT2D eigenvalue weighted by Gasteiger charge is 2.13. The van der Waals surface area contributed by atoms with E-state index in [4.69, 9.17) is 5.26 Å². The molecule has 0 fully saturated rings. The van der Waals surface area contributed by atoms with Crippen LogP contribution >= 0.6 is 0 Å². The van der Waals surface area contributed by atoms with E-state index in [2.05, 4.69) is 21.3 Å². The van der Waals surface area contributed by atoms with Crippen molar-refractivity contribution in [2.45, 2.75) is 19.3 Å². The Morgan fingerprint density at radius 3 is 2.79 bits per heavy atom. The van der Waals surface area contributed by atoms with E-state index in [0.717, 1.165) is 34.7 Å². The average molecular weight is 376 g/mol. The lowest BCUT2D eigenvalue weighted by Crippen LogP contribution is -2.27. The van der Waals surface area contributed by atoms with Gasteiger partial charge in [0.1, 0.15) is 0 Å². The molecule has 0 aliphatic heterocycles. The molecule has 0 radical (unpaired) electrons. The van der Waals surface area contributed by atoms with Gasteiger partial charge in [-0.25, -0.2) is 0 Å². The summed E-state index contributed by atoms with van der Waals surface area (Å²) in [6, 6.07) is 11.4. The first-order valence-corrected chi connectivity index (χ1v) is 9.38. The lowest BCUT2D eigenvalue weighted by Gasteiger charge is -2.12. The number of nitriles is 1. The van der Waals surface area contributed by atoms with Gasteiger partial charge < -0.3 is 15.2 Å². The first-order valence-electron chi connectivity index (χ1n) is 9.38. The Labute approximate surface area is 163 Å². The number of amides is 1. The molecule has 0 bridgehead atoms. The number of pyridine rings is 1. The summed E-state index contributed by atoms with van der Waals surface area (Å²) < 4.78 is 0. The third-order valence-electron chi connectivity index (χ3n) is 4.79. The maximum absolute atomic E-state index is 12.6. The van der Waals surface area contributed by atoms with Crippen molar-refractivity contribution in [3.05, 3.63) is 58.0 Å². The highest BCUT2D eigenvalue weighted by molar-refractivity contribution is 6.11. The number of rotatable bonds is 7. The molecule has 0 aliphatic carbocycles. The zero-order valence-corrected chi connectivity index (χ0v) is 16.2. The third kappa shape index (κ3) is 4.21. The number of aromatic amines is 1. The number of nitrogens with zero attached hydrogens (tertiary/aromatic N) is 2. The van der Waals surface area contributed by atoms with Crippen LogP contribution < -0.4 is 10.9 Å². The summed E-state index contributed by atoms with van der Waals surface area (Å²) in [6.07, 6.45) is 3.49. The number of benzene rings is 2. The molecule has 2 aromatic carbocycles. The number of H-pyrrole nitrogens is 1. The van der Waals surface area contributed by atoms with Crippen LogP contribution in [0.3, 0.4) is 0 Å². The topological polar surface area (TPSA) is 89.0 Å². The molecule has 0 spiro atoms. The maximum atomic E-state index is 12.6. The number of carbonyl (C=O) groups excluding carboxylic acids is 1. The van der Waals surface area contributed by atoms with E-state index >= 15 is 0 Å². The van der Waals surface area contributed by atoms with Crippen LogP contribution in [0.2, 0.25) is 0 Å². The van der Waals surface area contributed by atoms with Gasteiger partial charge in [0.05, 0.1) is 11.5 Å². The number of nitrogens with one attached hydrogen (secondary N) is 2. The van der Waals surface area contributed by atoms with Gasteiger partial charge in [0.25, 0.3) is 11.5 Å². The van der Waals surface area contributed by atoms with Gasteiger partial charge >= 0.3 is 0 Å². The Kier molecular flexibility index (Phi) is 6.07. The maximum Gasteiger partial charge on any atom is 0.256 e. The molecule has 1 amide bonds. The second-order valence-electron chi connectivity index (χ2n) is 7.14. The van der Waals surface area contributed by atoms with Crippen LogP contribution in [0, 0.1) is 11.3 Å². The molecular weight excluding hydrogens is 352 g/mol. The molecule has 144 valence electrons. The van der Waals surface area contributed by atoms with Gasteiger partial charge in [0.2, 0.25) is 0 Å². The molecule has 1 heterocycles. The van der Waals surface area contributed by atoms with E-state index in [0.29, 0.717) is 30.3 Å². The Hall–Kier alpha value is -3.17. The second-order valence-corrected chi connectivity index (χ2v) is 7.14. The summed E-state index contributed by atoms with van der Waals surface area (Å²) in [5, 5.41) is 14.9. The minimum atomic E-state index is -0.183. The molecule has 0 unspecified atom stereocenters.